The van der Waals surface area contributed by atoms with Crippen LogP contribution < -0.4 is 18.1 Å². The van der Waals surface area contributed by atoms with Gasteiger partial charge >= 0.3 is 0 Å². The molecule has 0 aliphatic heterocycles. The van der Waals surface area contributed by atoms with E-state index in [0.717, 1.165) is 6.54 Å². The summed E-state index contributed by atoms with van der Waals surface area (Å²) in [6.45, 7) is 0.850. The molecule has 0 unspecified atom stereocenters. The molecule has 0 radical (unpaired) electrons. The van der Waals surface area contributed by atoms with Crippen molar-refractivity contribution in [2.24, 2.45) is 0 Å². The van der Waals surface area contributed by atoms with E-state index < -0.39 is 0 Å². The fraction of sp³-hybridized carbons (Fsp3) is 0.167. The SMILES string of the molecule is [Cl-].[NH3+]Cc1ccncc1. The molecular formula is C6H9ClN2. The Kier molecular flexibility index (Phi) is 4.01. The van der Waals surface area contributed by atoms with Gasteiger partial charge in [0.1, 0.15) is 0 Å². The van der Waals surface area contributed by atoms with Crippen LogP contribution in [0.2, 0.25) is 0 Å². The second kappa shape index (κ2) is 4.30. The fourth-order valence-electron chi connectivity index (χ4n) is 0.549. The first-order chi connectivity index (χ1) is 3.93. The molecule has 1 aromatic heterocycles. The second-order valence-electron chi connectivity index (χ2n) is 1.61. The molecule has 0 saturated heterocycles. The van der Waals surface area contributed by atoms with Crippen LogP contribution in [0.5, 0.6) is 0 Å². The van der Waals surface area contributed by atoms with E-state index >= 15 is 0 Å². The minimum atomic E-state index is 0. The molecule has 1 aromatic rings. The third-order valence-corrected chi connectivity index (χ3v) is 1.04. The molecule has 3 N–H and O–H groups in total. The summed E-state index contributed by atoms with van der Waals surface area (Å²) in [6, 6.07) is 3.93. The van der Waals surface area contributed by atoms with Gasteiger partial charge < -0.3 is 18.1 Å². The summed E-state index contributed by atoms with van der Waals surface area (Å²) in [6.07, 6.45) is 3.56. The van der Waals surface area contributed by atoms with Crippen molar-refractivity contribution in [3.05, 3.63) is 30.1 Å². The van der Waals surface area contributed by atoms with Crippen LogP contribution in [-0.4, -0.2) is 4.98 Å². The Morgan fingerprint density at radius 2 is 1.89 bits per heavy atom. The fourth-order valence-corrected chi connectivity index (χ4v) is 0.549. The van der Waals surface area contributed by atoms with Crippen molar-refractivity contribution in [2.45, 2.75) is 6.54 Å². The van der Waals surface area contributed by atoms with E-state index in [-0.39, 0.29) is 12.4 Å². The highest BCUT2D eigenvalue weighted by Crippen LogP contribution is 1.90. The summed E-state index contributed by atoms with van der Waals surface area (Å²) in [5, 5.41) is 0. The first-order valence-corrected chi connectivity index (χ1v) is 2.61. The van der Waals surface area contributed by atoms with Gasteiger partial charge in [-0.1, -0.05) is 0 Å². The average molecular weight is 145 g/mol. The number of hydrogen-bond acceptors (Lipinski definition) is 1. The van der Waals surface area contributed by atoms with Crippen molar-refractivity contribution in [3.8, 4) is 0 Å². The first-order valence-electron chi connectivity index (χ1n) is 2.61. The largest absolute Gasteiger partial charge is 1.00 e. The second-order valence-corrected chi connectivity index (χ2v) is 1.61. The Morgan fingerprint density at radius 1 is 1.33 bits per heavy atom. The lowest BCUT2D eigenvalue weighted by atomic mass is 10.3. The molecule has 0 fully saturated rings. The van der Waals surface area contributed by atoms with Crippen molar-refractivity contribution >= 4 is 0 Å². The Morgan fingerprint density at radius 3 is 2.22 bits per heavy atom. The molecule has 3 heteroatoms. The molecule has 2 nitrogen and oxygen atoms in total. The quantitative estimate of drug-likeness (QED) is 0.444. The number of pyridine rings is 1. The molecule has 1 heterocycles. The normalized spacial score (nSPS) is 8.11. The predicted molar refractivity (Wildman–Crippen MR) is 30.8 cm³/mol. The minimum Gasteiger partial charge on any atom is -1.00 e. The van der Waals surface area contributed by atoms with Gasteiger partial charge in [0.25, 0.3) is 0 Å². The lowest BCUT2D eigenvalue weighted by molar-refractivity contribution is -0.386. The smallest absolute Gasteiger partial charge is 0.0998 e. The third kappa shape index (κ3) is 2.44. The van der Waals surface area contributed by atoms with Crippen molar-refractivity contribution in [1.82, 2.24) is 4.98 Å². The van der Waals surface area contributed by atoms with E-state index in [1.807, 2.05) is 12.1 Å². The molecule has 50 valence electrons. The van der Waals surface area contributed by atoms with Crippen LogP contribution >= 0.6 is 0 Å². The summed E-state index contributed by atoms with van der Waals surface area (Å²) < 4.78 is 0. The van der Waals surface area contributed by atoms with Crippen LogP contribution in [0.1, 0.15) is 5.56 Å². The summed E-state index contributed by atoms with van der Waals surface area (Å²) in [4.78, 5) is 3.87. The van der Waals surface area contributed by atoms with Gasteiger partial charge in [-0.2, -0.15) is 0 Å². The number of rotatable bonds is 1. The molecule has 0 aliphatic rings. The highest BCUT2D eigenvalue weighted by atomic mass is 35.5. The molecule has 0 saturated carbocycles. The summed E-state index contributed by atoms with van der Waals surface area (Å²) in [5.41, 5.74) is 4.96. The topological polar surface area (TPSA) is 40.5 Å². The molecule has 9 heavy (non-hydrogen) atoms. The van der Waals surface area contributed by atoms with E-state index in [2.05, 4.69) is 10.7 Å². The predicted octanol–water partition coefficient (Wildman–Crippen LogP) is -3.17. The van der Waals surface area contributed by atoms with Crippen LogP contribution in [0, 0.1) is 0 Å². The van der Waals surface area contributed by atoms with E-state index in [9.17, 15) is 0 Å². The zero-order valence-electron chi connectivity index (χ0n) is 5.05. The Bertz CT molecular complexity index is 152. The Balaban J connectivity index is 0.000000640. The van der Waals surface area contributed by atoms with Gasteiger partial charge in [-0.3, -0.25) is 4.98 Å². The highest BCUT2D eigenvalue weighted by Gasteiger charge is 1.83. The van der Waals surface area contributed by atoms with Crippen molar-refractivity contribution in [3.63, 3.8) is 0 Å². The molecule has 1 rings (SSSR count). The monoisotopic (exact) mass is 144 g/mol. The summed E-state index contributed by atoms with van der Waals surface area (Å²) in [7, 11) is 0. The Hall–Kier alpha value is -0.600. The van der Waals surface area contributed by atoms with Crippen LogP contribution in [0.15, 0.2) is 24.5 Å². The maximum atomic E-state index is 3.87. The Labute approximate surface area is 60.5 Å². The van der Waals surface area contributed by atoms with E-state index in [4.69, 9.17) is 0 Å². The summed E-state index contributed by atoms with van der Waals surface area (Å²) >= 11 is 0. The van der Waals surface area contributed by atoms with Crippen molar-refractivity contribution in [2.75, 3.05) is 0 Å². The van der Waals surface area contributed by atoms with E-state index in [1.165, 1.54) is 5.56 Å². The lowest BCUT2D eigenvalue weighted by Gasteiger charge is -1.87. The number of quaternary nitrogens is 1. The standard InChI is InChI=1S/C6H8N2.ClH/c7-5-6-1-3-8-4-2-6;/h1-4H,5,7H2;1H. The van der Waals surface area contributed by atoms with Crippen LogP contribution in [0.25, 0.3) is 0 Å². The van der Waals surface area contributed by atoms with Crippen LogP contribution in [-0.2, 0) is 6.54 Å². The van der Waals surface area contributed by atoms with Crippen LogP contribution in [0.4, 0.5) is 0 Å². The molecule has 0 atom stereocenters. The number of halogens is 1. The molecule has 0 bridgehead atoms. The minimum absolute atomic E-state index is 0. The van der Waals surface area contributed by atoms with Gasteiger partial charge in [0.2, 0.25) is 0 Å². The van der Waals surface area contributed by atoms with Gasteiger partial charge in [0.05, 0.1) is 6.54 Å². The van der Waals surface area contributed by atoms with Crippen molar-refractivity contribution in [1.29, 1.82) is 0 Å². The number of aromatic nitrogens is 1. The van der Waals surface area contributed by atoms with Gasteiger partial charge in [-0.15, -0.1) is 0 Å². The zero-order chi connectivity index (χ0) is 5.82. The molecule has 0 spiro atoms. The lowest BCUT2D eigenvalue weighted by Crippen LogP contribution is -3.00. The van der Waals surface area contributed by atoms with Gasteiger partial charge in [-0.05, 0) is 12.1 Å². The van der Waals surface area contributed by atoms with Crippen LogP contribution in [0.3, 0.4) is 0 Å². The summed E-state index contributed by atoms with van der Waals surface area (Å²) in [5.74, 6) is 0. The average Bonchev–Trinajstić information content (AvgIpc) is 1.90. The number of nitrogens with zero attached hydrogens (tertiary/aromatic N) is 1. The maximum absolute atomic E-state index is 3.87. The zero-order valence-corrected chi connectivity index (χ0v) is 5.80. The third-order valence-electron chi connectivity index (χ3n) is 1.04. The van der Waals surface area contributed by atoms with E-state index in [1.54, 1.807) is 12.4 Å². The van der Waals surface area contributed by atoms with Gasteiger partial charge in [0, 0.05) is 18.0 Å². The maximum Gasteiger partial charge on any atom is 0.0998 e. The van der Waals surface area contributed by atoms with Gasteiger partial charge in [0.15, 0.2) is 0 Å². The highest BCUT2D eigenvalue weighted by molar-refractivity contribution is 5.07. The van der Waals surface area contributed by atoms with Gasteiger partial charge in [-0.25, -0.2) is 0 Å². The molecule has 0 amide bonds. The van der Waals surface area contributed by atoms with Crippen molar-refractivity contribution < 1.29 is 18.1 Å². The molecule has 0 aromatic carbocycles. The number of hydrogen-bond donors (Lipinski definition) is 1. The first kappa shape index (κ1) is 8.40. The molecule has 0 aliphatic carbocycles. The van der Waals surface area contributed by atoms with E-state index in [0.29, 0.717) is 0 Å². The molecular weight excluding hydrogens is 136 g/mol.